The number of aliphatic hydroxyl groups is 1. The molecule has 0 fully saturated rings. The molecule has 0 heterocycles. The summed E-state index contributed by atoms with van der Waals surface area (Å²) in [5.41, 5.74) is 1.00. The molecule has 0 spiro atoms. The summed E-state index contributed by atoms with van der Waals surface area (Å²) in [4.78, 5) is 0. The molecule has 0 aromatic heterocycles. The van der Waals surface area contributed by atoms with Crippen LogP contribution in [0.1, 0.15) is 44.8 Å². The van der Waals surface area contributed by atoms with E-state index in [1.807, 2.05) is 30.3 Å². The summed E-state index contributed by atoms with van der Waals surface area (Å²) in [5.74, 6) is 1.55. The number of hydrogen-bond donors (Lipinski definition) is 1. The lowest BCUT2D eigenvalue weighted by Crippen LogP contribution is -2.00. The molecule has 0 aliphatic carbocycles. The van der Waals surface area contributed by atoms with Crippen molar-refractivity contribution in [2.24, 2.45) is 5.92 Å². The Morgan fingerprint density at radius 2 is 1.70 bits per heavy atom. The first kappa shape index (κ1) is 14.9. The van der Waals surface area contributed by atoms with Crippen molar-refractivity contribution in [3.63, 3.8) is 0 Å². The zero-order chi connectivity index (χ0) is 14.5. The Morgan fingerprint density at radius 3 is 2.35 bits per heavy atom. The predicted molar refractivity (Wildman–Crippen MR) is 84.1 cm³/mol. The van der Waals surface area contributed by atoms with E-state index in [1.165, 1.54) is 0 Å². The van der Waals surface area contributed by atoms with E-state index < -0.39 is 6.10 Å². The van der Waals surface area contributed by atoms with Gasteiger partial charge in [-0.1, -0.05) is 57.0 Å². The van der Waals surface area contributed by atoms with E-state index in [4.69, 9.17) is 4.74 Å². The SMILES string of the molecule is COc1ccc(C(O)CCCC(C)C)c2ccccc12. The lowest BCUT2D eigenvalue weighted by molar-refractivity contribution is 0.163. The Labute approximate surface area is 121 Å². The molecule has 0 saturated heterocycles. The zero-order valence-electron chi connectivity index (χ0n) is 12.6. The molecule has 108 valence electrons. The standard InChI is InChI=1S/C18H24O2/c1-13(2)7-6-10-17(19)15-11-12-18(20-3)16-9-5-4-8-14(15)16/h4-5,8-9,11-13,17,19H,6-7,10H2,1-3H3. The topological polar surface area (TPSA) is 29.5 Å². The fourth-order valence-electron chi connectivity index (χ4n) is 2.64. The van der Waals surface area contributed by atoms with E-state index in [0.717, 1.165) is 41.3 Å². The monoisotopic (exact) mass is 272 g/mol. The predicted octanol–water partition coefficient (Wildman–Crippen LogP) is 4.71. The van der Waals surface area contributed by atoms with Crippen LogP contribution < -0.4 is 4.74 Å². The van der Waals surface area contributed by atoms with Crippen molar-refractivity contribution in [2.45, 2.75) is 39.2 Å². The van der Waals surface area contributed by atoms with Crippen LogP contribution in [0.4, 0.5) is 0 Å². The molecule has 2 aromatic rings. The minimum atomic E-state index is -0.399. The second-order valence-corrected chi connectivity index (χ2v) is 5.74. The minimum Gasteiger partial charge on any atom is -0.496 e. The summed E-state index contributed by atoms with van der Waals surface area (Å²) >= 11 is 0. The number of benzene rings is 2. The lowest BCUT2D eigenvalue weighted by Gasteiger charge is -2.16. The molecular weight excluding hydrogens is 248 g/mol. The molecule has 0 amide bonds. The maximum atomic E-state index is 10.5. The molecule has 0 aliphatic rings. The first-order valence-corrected chi connectivity index (χ1v) is 7.37. The Hall–Kier alpha value is -1.54. The summed E-state index contributed by atoms with van der Waals surface area (Å²) in [6.07, 6.45) is 2.63. The van der Waals surface area contributed by atoms with Crippen LogP contribution in [0.3, 0.4) is 0 Å². The highest BCUT2D eigenvalue weighted by Gasteiger charge is 2.13. The largest absolute Gasteiger partial charge is 0.496 e. The second-order valence-electron chi connectivity index (χ2n) is 5.74. The van der Waals surface area contributed by atoms with Crippen LogP contribution >= 0.6 is 0 Å². The summed E-state index contributed by atoms with van der Waals surface area (Å²) in [5, 5.41) is 12.6. The van der Waals surface area contributed by atoms with Crippen LogP contribution in [0.15, 0.2) is 36.4 Å². The molecule has 20 heavy (non-hydrogen) atoms. The van der Waals surface area contributed by atoms with Gasteiger partial charge in [-0.15, -0.1) is 0 Å². The average Bonchev–Trinajstić information content (AvgIpc) is 2.45. The van der Waals surface area contributed by atoms with Crippen LogP contribution in [0.5, 0.6) is 5.75 Å². The van der Waals surface area contributed by atoms with Gasteiger partial charge in [0.2, 0.25) is 0 Å². The molecule has 0 saturated carbocycles. The van der Waals surface area contributed by atoms with Gasteiger partial charge >= 0.3 is 0 Å². The van der Waals surface area contributed by atoms with Gasteiger partial charge in [0.25, 0.3) is 0 Å². The van der Waals surface area contributed by atoms with E-state index in [2.05, 4.69) is 19.9 Å². The summed E-state index contributed by atoms with van der Waals surface area (Å²) in [6.45, 7) is 4.43. The third-order valence-electron chi connectivity index (χ3n) is 3.76. The molecule has 2 nitrogen and oxygen atoms in total. The van der Waals surface area contributed by atoms with Crippen LogP contribution in [-0.2, 0) is 0 Å². The minimum absolute atomic E-state index is 0.399. The number of aliphatic hydroxyl groups excluding tert-OH is 1. The molecule has 0 radical (unpaired) electrons. The third kappa shape index (κ3) is 3.31. The lowest BCUT2D eigenvalue weighted by atomic mass is 9.95. The van der Waals surface area contributed by atoms with E-state index >= 15 is 0 Å². The normalized spacial score (nSPS) is 12.8. The molecule has 2 aromatic carbocycles. The van der Waals surface area contributed by atoms with Gasteiger partial charge in [0.05, 0.1) is 13.2 Å². The quantitative estimate of drug-likeness (QED) is 0.825. The van der Waals surface area contributed by atoms with Gasteiger partial charge in [-0.2, -0.15) is 0 Å². The van der Waals surface area contributed by atoms with Crippen molar-refractivity contribution in [1.82, 2.24) is 0 Å². The number of methoxy groups -OCH3 is 1. The second kappa shape index (κ2) is 6.76. The smallest absolute Gasteiger partial charge is 0.126 e. The highest BCUT2D eigenvalue weighted by molar-refractivity contribution is 5.91. The van der Waals surface area contributed by atoms with Crippen LogP contribution in [0.25, 0.3) is 10.8 Å². The fraction of sp³-hybridized carbons (Fsp3) is 0.444. The molecule has 0 bridgehead atoms. The van der Waals surface area contributed by atoms with Gasteiger partial charge in [0.1, 0.15) is 5.75 Å². The van der Waals surface area contributed by atoms with E-state index in [1.54, 1.807) is 7.11 Å². The van der Waals surface area contributed by atoms with Crippen molar-refractivity contribution in [3.8, 4) is 5.75 Å². The van der Waals surface area contributed by atoms with Gasteiger partial charge in [0.15, 0.2) is 0 Å². The average molecular weight is 272 g/mol. The zero-order valence-corrected chi connectivity index (χ0v) is 12.6. The van der Waals surface area contributed by atoms with Crippen LogP contribution in [0, 0.1) is 5.92 Å². The summed E-state index contributed by atoms with van der Waals surface area (Å²) < 4.78 is 5.39. The van der Waals surface area contributed by atoms with E-state index in [-0.39, 0.29) is 0 Å². The Morgan fingerprint density at radius 1 is 1.00 bits per heavy atom. The first-order valence-electron chi connectivity index (χ1n) is 7.37. The highest BCUT2D eigenvalue weighted by Crippen LogP contribution is 2.33. The van der Waals surface area contributed by atoms with Crippen LogP contribution in [-0.4, -0.2) is 12.2 Å². The van der Waals surface area contributed by atoms with Crippen LogP contribution in [0.2, 0.25) is 0 Å². The maximum Gasteiger partial charge on any atom is 0.126 e. The molecule has 0 aliphatic heterocycles. The maximum absolute atomic E-state index is 10.5. The van der Waals surface area contributed by atoms with Crippen molar-refractivity contribution >= 4 is 10.8 Å². The molecule has 1 N–H and O–H groups in total. The molecule has 1 unspecified atom stereocenters. The van der Waals surface area contributed by atoms with Gasteiger partial charge < -0.3 is 9.84 Å². The van der Waals surface area contributed by atoms with E-state index in [9.17, 15) is 5.11 Å². The first-order chi connectivity index (χ1) is 9.63. The molecular formula is C18H24O2. The third-order valence-corrected chi connectivity index (χ3v) is 3.76. The van der Waals surface area contributed by atoms with Gasteiger partial charge in [0, 0.05) is 5.39 Å². The number of fused-ring (bicyclic) bond motifs is 1. The summed E-state index contributed by atoms with van der Waals surface area (Å²) in [7, 11) is 1.68. The summed E-state index contributed by atoms with van der Waals surface area (Å²) in [6, 6.07) is 12.0. The molecule has 2 heteroatoms. The fourth-order valence-corrected chi connectivity index (χ4v) is 2.64. The molecule has 2 rings (SSSR count). The Bertz CT molecular complexity index is 560. The molecule has 1 atom stereocenters. The van der Waals surface area contributed by atoms with Gasteiger partial charge in [-0.3, -0.25) is 0 Å². The van der Waals surface area contributed by atoms with Crippen molar-refractivity contribution in [1.29, 1.82) is 0 Å². The van der Waals surface area contributed by atoms with Crippen molar-refractivity contribution < 1.29 is 9.84 Å². The van der Waals surface area contributed by atoms with Gasteiger partial charge in [-0.05, 0) is 29.4 Å². The number of rotatable bonds is 6. The Balaban J connectivity index is 2.26. The Kier molecular flexibility index (Phi) is 5.02. The highest BCUT2D eigenvalue weighted by atomic mass is 16.5. The number of hydrogen-bond acceptors (Lipinski definition) is 2. The van der Waals surface area contributed by atoms with Crippen molar-refractivity contribution in [2.75, 3.05) is 7.11 Å². The number of ether oxygens (including phenoxy) is 1. The van der Waals surface area contributed by atoms with Crippen molar-refractivity contribution in [3.05, 3.63) is 42.0 Å². The van der Waals surface area contributed by atoms with E-state index in [0.29, 0.717) is 5.92 Å². The van der Waals surface area contributed by atoms with Gasteiger partial charge in [-0.25, -0.2) is 0 Å².